The molecule has 4 saturated heterocycles. The molecule has 9 rings (SSSR count). The van der Waals surface area contributed by atoms with Gasteiger partial charge in [-0.25, -0.2) is 4.79 Å². The van der Waals surface area contributed by atoms with Crippen molar-refractivity contribution in [2.75, 3.05) is 86.7 Å². The Morgan fingerprint density at radius 2 is 1.16 bits per heavy atom. The lowest BCUT2D eigenvalue weighted by Gasteiger charge is -2.41. The van der Waals surface area contributed by atoms with Gasteiger partial charge in [0.2, 0.25) is 5.91 Å². The number of nitrogens with zero attached hydrogens (tertiary/aromatic N) is 5. The summed E-state index contributed by atoms with van der Waals surface area (Å²) in [5, 5.41) is 12.6. The van der Waals surface area contributed by atoms with Crippen molar-refractivity contribution in [2.45, 2.75) is 56.8 Å². The van der Waals surface area contributed by atoms with Crippen LogP contribution in [0.4, 0.5) is 21.9 Å². The van der Waals surface area contributed by atoms with E-state index in [1.54, 1.807) is 4.90 Å². The summed E-state index contributed by atoms with van der Waals surface area (Å²) in [4.78, 5) is 35.9. The summed E-state index contributed by atoms with van der Waals surface area (Å²) in [5.74, 6) is 2.45. The van der Waals surface area contributed by atoms with E-state index in [2.05, 4.69) is 97.7 Å². The lowest BCUT2D eigenvalue weighted by molar-refractivity contribution is -0.120. The Bertz CT molecular complexity index is 1980. The van der Waals surface area contributed by atoms with Gasteiger partial charge in [-0.3, -0.25) is 19.9 Å². The Kier molecular flexibility index (Phi) is 11.2. The Morgan fingerprint density at radius 3 is 1.82 bits per heavy atom. The highest BCUT2D eigenvalue weighted by atomic mass is 16.3. The number of aromatic hydroxyl groups is 1. The molecule has 57 heavy (non-hydrogen) atoms. The number of benzene rings is 4. The van der Waals surface area contributed by atoms with Crippen molar-refractivity contribution >= 4 is 29.0 Å². The smallest absolute Gasteiger partial charge is 0.328 e. The topological polar surface area (TPSA) is 82.6 Å². The number of hydrogen-bond acceptors (Lipinski definition) is 7. The monoisotopic (exact) mass is 766 g/mol. The minimum absolute atomic E-state index is 0.203. The van der Waals surface area contributed by atoms with Crippen LogP contribution in [-0.2, 0) is 11.2 Å². The zero-order chi connectivity index (χ0) is 38.7. The van der Waals surface area contributed by atoms with Crippen LogP contribution < -0.4 is 20.0 Å². The second-order valence-electron chi connectivity index (χ2n) is 17.2. The first-order valence-corrected chi connectivity index (χ1v) is 21.6. The van der Waals surface area contributed by atoms with Gasteiger partial charge in [0.05, 0.1) is 0 Å². The van der Waals surface area contributed by atoms with Crippen LogP contribution in [0.3, 0.4) is 0 Å². The molecule has 9 heteroatoms. The predicted octanol–water partition coefficient (Wildman–Crippen LogP) is 7.45. The summed E-state index contributed by atoms with van der Waals surface area (Å²) >= 11 is 0. The van der Waals surface area contributed by atoms with Gasteiger partial charge in [-0.15, -0.1) is 0 Å². The number of phenolic OH excluding ortho intramolecular Hbond substituents is 1. The average molecular weight is 767 g/mol. The van der Waals surface area contributed by atoms with Crippen molar-refractivity contribution in [2.24, 2.45) is 11.8 Å². The number of likely N-dealkylation sites (tertiary alicyclic amines) is 1. The minimum Gasteiger partial charge on any atom is -0.508 e. The number of hydrogen-bond donors (Lipinski definition) is 2. The molecule has 1 aliphatic carbocycles. The van der Waals surface area contributed by atoms with Crippen molar-refractivity contribution in [1.29, 1.82) is 0 Å². The quantitative estimate of drug-likeness (QED) is 0.183. The first-order valence-electron chi connectivity index (χ1n) is 21.6. The summed E-state index contributed by atoms with van der Waals surface area (Å²) < 4.78 is 0. The number of rotatable bonds is 9. The molecule has 2 N–H and O–H groups in total. The third-order valence-corrected chi connectivity index (χ3v) is 13.7. The molecule has 0 unspecified atom stereocenters. The average Bonchev–Trinajstić information content (AvgIpc) is 3.25. The third-order valence-electron chi connectivity index (χ3n) is 13.7. The molecular weight excluding hydrogens is 709 g/mol. The van der Waals surface area contributed by atoms with Crippen molar-refractivity contribution in [3.63, 3.8) is 0 Å². The van der Waals surface area contributed by atoms with Crippen LogP contribution in [-0.4, -0.2) is 98.8 Å². The molecule has 0 bridgehead atoms. The molecule has 298 valence electrons. The highest BCUT2D eigenvalue weighted by molar-refractivity contribution is 6.05. The van der Waals surface area contributed by atoms with E-state index in [-0.39, 0.29) is 17.9 Å². The maximum atomic E-state index is 12.2. The fraction of sp³-hybridized carbons (Fsp3) is 0.458. The number of imide groups is 1. The van der Waals surface area contributed by atoms with E-state index < -0.39 is 0 Å². The molecular formula is C48H58N6O3. The molecule has 4 aromatic rings. The number of anilines is 3. The van der Waals surface area contributed by atoms with E-state index in [1.165, 1.54) is 85.5 Å². The third kappa shape index (κ3) is 8.56. The van der Waals surface area contributed by atoms with Crippen LogP contribution in [0.1, 0.15) is 72.6 Å². The van der Waals surface area contributed by atoms with Crippen LogP contribution >= 0.6 is 0 Å². The molecule has 9 nitrogen and oxygen atoms in total. The first-order chi connectivity index (χ1) is 27.9. The molecule has 5 aliphatic rings. The van der Waals surface area contributed by atoms with Crippen LogP contribution in [0.25, 0.3) is 0 Å². The summed E-state index contributed by atoms with van der Waals surface area (Å²) in [6.45, 7) is 11.8. The van der Waals surface area contributed by atoms with Gasteiger partial charge in [-0.2, -0.15) is 0 Å². The van der Waals surface area contributed by atoms with E-state index >= 15 is 0 Å². The number of aryl methyl sites for hydroxylation is 1. The number of amides is 3. The van der Waals surface area contributed by atoms with Crippen LogP contribution in [0.5, 0.6) is 5.75 Å². The molecule has 4 heterocycles. The molecule has 0 radical (unpaired) electrons. The van der Waals surface area contributed by atoms with Crippen molar-refractivity contribution < 1.29 is 14.7 Å². The molecule has 0 spiro atoms. The highest BCUT2D eigenvalue weighted by Crippen LogP contribution is 2.47. The number of piperidine rings is 2. The summed E-state index contributed by atoms with van der Waals surface area (Å²) in [5.41, 5.74) is 8.79. The van der Waals surface area contributed by atoms with Crippen molar-refractivity contribution in [3.05, 3.63) is 119 Å². The Hall–Kier alpha value is -4.86. The predicted molar refractivity (Wildman–Crippen MR) is 229 cm³/mol. The summed E-state index contributed by atoms with van der Waals surface area (Å²) in [6.07, 6.45) is 7.56. The second-order valence-corrected chi connectivity index (χ2v) is 17.2. The maximum Gasteiger partial charge on any atom is 0.328 e. The van der Waals surface area contributed by atoms with E-state index in [0.29, 0.717) is 24.6 Å². The Morgan fingerprint density at radius 1 is 0.561 bits per heavy atom. The summed E-state index contributed by atoms with van der Waals surface area (Å²) in [7, 11) is 0. The van der Waals surface area contributed by atoms with Gasteiger partial charge in [0, 0.05) is 88.3 Å². The van der Waals surface area contributed by atoms with Gasteiger partial charge in [0.25, 0.3) is 0 Å². The molecule has 4 fully saturated rings. The maximum absolute atomic E-state index is 12.2. The van der Waals surface area contributed by atoms with E-state index in [4.69, 9.17) is 0 Å². The lowest BCUT2D eigenvalue weighted by Crippen LogP contribution is -2.50. The number of urea groups is 1. The Balaban J connectivity index is 0.711. The number of phenols is 1. The fourth-order valence-electron chi connectivity index (χ4n) is 10.5. The number of fused-ring (bicyclic) bond motifs is 1. The molecule has 2 atom stereocenters. The number of carbonyl (C=O) groups is 2. The first kappa shape index (κ1) is 37.7. The SMILES string of the molecule is O=C1CCN(c2ccc(N3CCN(CC4CCN(CC5CCN(c6ccc([C@@H]7c8ccc(O)cc8CC[C@@H]7c7ccccc7)cc6)CC5)CC4)CC3)cc2)C(=O)N1. The van der Waals surface area contributed by atoms with Gasteiger partial charge in [0.1, 0.15) is 5.75 Å². The van der Waals surface area contributed by atoms with E-state index in [1.807, 2.05) is 24.3 Å². The number of nitrogens with one attached hydrogen (secondary N) is 1. The van der Waals surface area contributed by atoms with Gasteiger partial charge in [-0.1, -0.05) is 48.5 Å². The fourth-order valence-corrected chi connectivity index (χ4v) is 10.5. The normalized spacial score (nSPS) is 23.1. The highest BCUT2D eigenvalue weighted by Gasteiger charge is 2.33. The van der Waals surface area contributed by atoms with Gasteiger partial charge < -0.3 is 19.8 Å². The minimum atomic E-state index is -0.332. The van der Waals surface area contributed by atoms with Crippen LogP contribution in [0.15, 0.2) is 97.1 Å². The molecule has 0 aromatic heterocycles. The molecule has 4 aliphatic heterocycles. The van der Waals surface area contributed by atoms with Gasteiger partial charge in [0.15, 0.2) is 0 Å². The van der Waals surface area contributed by atoms with Crippen molar-refractivity contribution in [3.8, 4) is 5.75 Å². The van der Waals surface area contributed by atoms with E-state index in [0.717, 1.165) is 69.6 Å². The van der Waals surface area contributed by atoms with E-state index in [9.17, 15) is 14.7 Å². The Labute approximate surface area is 338 Å². The second kappa shape index (κ2) is 16.9. The number of piperazine rings is 1. The van der Waals surface area contributed by atoms with Crippen molar-refractivity contribution in [1.82, 2.24) is 15.1 Å². The van der Waals surface area contributed by atoms with Crippen LogP contribution in [0, 0.1) is 11.8 Å². The summed E-state index contributed by atoms with van der Waals surface area (Å²) in [6, 6.07) is 34.3. The van der Waals surface area contributed by atoms with Crippen LogP contribution in [0.2, 0.25) is 0 Å². The zero-order valence-electron chi connectivity index (χ0n) is 33.3. The standard InChI is InChI=1S/C48H58N6O3/c55-43-15-17-45-39(32-43)8-16-44(37-4-2-1-3-5-37)47(45)38-6-9-40(10-7-38)52-25-20-36(21-26-52)33-50-23-18-35(19-24-50)34-51-28-30-53(31-29-51)41-11-13-42(14-12-41)54-27-22-46(56)49-48(54)57/h1-7,9-15,17,32,35-36,44,47,55H,8,16,18-31,33-34H2,(H,49,56,57)/t44-,47+/m1/s1. The largest absolute Gasteiger partial charge is 0.508 e. The van der Waals surface area contributed by atoms with Gasteiger partial charge in [-0.05, 0) is 140 Å². The molecule has 0 saturated carbocycles. The zero-order valence-corrected chi connectivity index (χ0v) is 33.3. The lowest BCUT2D eigenvalue weighted by atomic mass is 9.69. The number of carbonyl (C=O) groups excluding carboxylic acids is 2. The molecule has 3 amide bonds. The molecule has 4 aromatic carbocycles. The van der Waals surface area contributed by atoms with Gasteiger partial charge >= 0.3 is 6.03 Å².